The van der Waals surface area contributed by atoms with Crippen LogP contribution in [0.3, 0.4) is 0 Å². The van der Waals surface area contributed by atoms with E-state index in [4.69, 9.17) is 10.5 Å². The lowest BCUT2D eigenvalue weighted by atomic mass is 9.87. The van der Waals surface area contributed by atoms with Gasteiger partial charge in [-0.2, -0.15) is 0 Å². The number of halogens is 1. The van der Waals surface area contributed by atoms with E-state index >= 15 is 0 Å². The molecule has 1 rings (SSSR count). The Bertz CT molecular complexity index is 379. The van der Waals surface area contributed by atoms with Crippen LogP contribution in [0, 0.1) is 18.8 Å². The molecule has 0 aliphatic carbocycles. The smallest absolute Gasteiger partial charge is 0.122 e. The van der Waals surface area contributed by atoms with E-state index in [9.17, 15) is 4.39 Å². The number of hydrogen-bond donors (Lipinski definition) is 1. The van der Waals surface area contributed by atoms with Gasteiger partial charge in [-0.1, -0.05) is 31.5 Å². The zero-order valence-electron chi connectivity index (χ0n) is 11.7. The molecule has 0 bridgehead atoms. The molecule has 0 aromatic heterocycles. The van der Waals surface area contributed by atoms with Crippen molar-refractivity contribution in [2.75, 3.05) is 13.7 Å². The number of rotatable bonds is 6. The molecule has 1 aromatic carbocycles. The number of benzene rings is 1. The molecule has 0 heterocycles. The lowest BCUT2D eigenvalue weighted by molar-refractivity contribution is 0.184. The Morgan fingerprint density at radius 2 is 2.00 bits per heavy atom. The van der Waals surface area contributed by atoms with Gasteiger partial charge in [-0.3, -0.25) is 0 Å². The van der Waals surface area contributed by atoms with Crippen LogP contribution in [0.15, 0.2) is 18.2 Å². The van der Waals surface area contributed by atoms with E-state index < -0.39 is 6.17 Å². The molecule has 2 nitrogen and oxygen atoms in total. The molecule has 0 radical (unpaired) electrons. The van der Waals surface area contributed by atoms with E-state index in [1.807, 2.05) is 39.0 Å². The quantitative estimate of drug-likeness (QED) is 0.845. The molecule has 0 saturated carbocycles. The molecule has 2 atom stereocenters. The molecule has 102 valence electrons. The van der Waals surface area contributed by atoms with E-state index in [2.05, 4.69) is 0 Å². The lowest BCUT2D eigenvalue weighted by Crippen LogP contribution is -2.30. The summed E-state index contributed by atoms with van der Waals surface area (Å²) in [5.74, 6) is 0.902. The molecular formula is C15H24FNO. The van der Waals surface area contributed by atoms with Crippen LogP contribution >= 0.6 is 0 Å². The van der Waals surface area contributed by atoms with E-state index in [-0.39, 0.29) is 11.8 Å². The minimum Gasteiger partial charge on any atom is -0.496 e. The highest BCUT2D eigenvalue weighted by Crippen LogP contribution is 2.26. The van der Waals surface area contributed by atoms with Gasteiger partial charge in [0.2, 0.25) is 0 Å². The summed E-state index contributed by atoms with van der Waals surface area (Å²) in [5.41, 5.74) is 7.70. The van der Waals surface area contributed by atoms with Crippen molar-refractivity contribution in [1.82, 2.24) is 0 Å². The summed E-state index contributed by atoms with van der Waals surface area (Å²) in [7, 11) is 1.62. The first-order chi connectivity index (χ1) is 8.49. The second kappa shape index (κ2) is 6.74. The van der Waals surface area contributed by atoms with Gasteiger partial charge in [0.25, 0.3) is 0 Å². The van der Waals surface area contributed by atoms with Gasteiger partial charge in [-0.05, 0) is 31.0 Å². The highest BCUT2D eigenvalue weighted by atomic mass is 19.1. The summed E-state index contributed by atoms with van der Waals surface area (Å²) in [6.45, 7) is 6.40. The number of alkyl halides is 1. The average molecular weight is 253 g/mol. The maximum absolute atomic E-state index is 14.3. The average Bonchev–Trinajstić information content (AvgIpc) is 2.29. The third-order valence-electron chi connectivity index (χ3n) is 3.44. The second-order valence-electron chi connectivity index (χ2n) is 5.18. The van der Waals surface area contributed by atoms with Gasteiger partial charge in [-0.25, -0.2) is 4.39 Å². The van der Waals surface area contributed by atoms with E-state index in [0.717, 1.165) is 16.9 Å². The highest BCUT2D eigenvalue weighted by Gasteiger charge is 2.24. The minimum absolute atomic E-state index is 0.102. The van der Waals surface area contributed by atoms with Gasteiger partial charge < -0.3 is 10.5 Å². The van der Waals surface area contributed by atoms with Crippen LogP contribution < -0.4 is 10.5 Å². The van der Waals surface area contributed by atoms with Crippen LogP contribution in [0.4, 0.5) is 4.39 Å². The number of nitrogens with two attached hydrogens (primary N) is 1. The fraction of sp³-hybridized carbons (Fsp3) is 0.600. The monoisotopic (exact) mass is 253 g/mol. The fourth-order valence-corrected chi connectivity index (χ4v) is 2.27. The van der Waals surface area contributed by atoms with Crippen molar-refractivity contribution in [3.05, 3.63) is 29.3 Å². The molecule has 0 amide bonds. The SMILES string of the molecule is COc1ccc(C)cc1CC(F)C(CN)C(C)C. The van der Waals surface area contributed by atoms with E-state index in [1.165, 1.54) is 0 Å². The zero-order valence-corrected chi connectivity index (χ0v) is 11.7. The van der Waals surface area contributed by atoms with Crippen LogP contribution in [0.2, 0.25) is 0 Å². The number of hydrogen-bond acceptors (Lipinski definition) is 2. The maximum atomic E-state index is 14.3. The van der Waals surface area contributed by atoms with Crippen molar-refractivity contribution in [3.8, 4) is 5.75 Å². The first-order valence-corrected chi connectivity index (χ1v) is 6.47. The normalized spacial score (nSPS) is 14.6. The number of methoxy groups -OCH3 is 1. The Morgan fingerprint density at radius 1 is 1.33 bits per heavy atom. The molecule has 18 heavy (non-hydrogen) atoms. The first-order valence-electron chi connectivity index (χ1n) is 6.47. The van der Waals surface area contributed by atoms with Crippen LogP contribution in [0.25, 0.3) is 0 Å². The van der Waals surface area contributed by atoms with Gasteiger partial charge in [-0.15, -0.1) is 0 Å². The Labute approximate surface area is 109 Å². The molecule has 2 N–H and O–H groups in total. The van der Waals surface area contributed by atoms with Crippen molar-refractivity contribution in [2.45, 2.75) is 33.4 Å². The summed E-state index contributed by atoms with van der Waals surface area (Å²) in [6.07, 6.45) is -0.559. The lowest BCUT2D eigenvalue weighted by Gasteiger charge is -2.23. The molecule has 2 unspecified atom stereocenters. The minimum atomic E-state index is -0.925. The van der Waals surface area contributed by atoms with E-state index in [0.29, 0.717) is 13.0 Å². The summed E-state index contributed by atoms with van der Waals surface area (Å²) in [4.78, 5) is 0. The summed E-state index contributed by atoms with van der Waals surface area (Å²) in [5, 5.41) is 0. The first kappa shape index (κ1) is 15.0. The molecule has 0 fully saturated rings. The van der Waals surface area contributed by atoms with Gasteiger partial charge in [0.05, 0.1) is 7.11 Å². The van der Waals surface area contributed by atoms with Gasteiger partial charge >= 0.3 is 0 Å². The second-order valence-corrected chi connectivity index (χ2v) is 5.18. The van der Waals surface area contributed by atoms with Crippen molar-refractivity contribution in [3.63, 3.8) is 0 Å². The predicted octanol–water partition coefficient (Wildman–Crippen LogP) is 3.12. The molecule has 0 spiro atoms. The summed E-state index contributed by atoms with van der Waals surface area (Å²) >= 11 is 0. The van der Waals surface area contributed by atoms with Gasteiger partial charge in [0.15, 0.2) is 0 Å². The highest BCUT2D eigenvalue weighted by molar-refractivity contribution is 5.37. The Balaban J connectivity index is 2.86. The van der Waals surface area contributed by atoms with Crippen LogP contribution in [0.5, 0.6) is 5.75 Å². The van der Waals surface area contributed by atoms with Crippen molar-refractivity contribution < 1.29 is 9.13 Å². The summed E-state index contributed by atoms with van der Waals surface area (Å²) < 4.78 is 19.6. The van der Waals surface area contributed by atoms with Crippen LogP contribution in [0.1, 0.15) is 25.0 Å². The van der Waals surface area contributed by atoms with Crippen LogP contribution in [-0.4, -0.2) is 19.8 Å². The molecule has 0 aliphatic heterocycles. The largest absolute Gasteiger partial charge is 0.496 e. The standard InChI is InChI=1S/C15H24FNO/c1-10(2)13(9-17)14(16)8-12-7-11(3)5-6-15(12)18-4/h5-7,10,13-14H,8-9,17H2,1-4H3. The molecule has 0 saturated heterocycles. The molecule has 3 heteroatoms. The van der Waals surface area contributed by atoms with Gasteiger partial charge in [0, 0.05) is 12.3 Å². The zero-order chi connectivity index (χ0) is 13.7. The Kier molecular flexibility index (Phi) is 5.60. The molecule has 0 aliphatic rings. The fourth-order valence-electron chi connectivity index (χ4n) is 2.27. The Hall–Kier alpha value is -1.09. The van der Waals surface area contributed by atoms with Crippen molar-refractivity contribution >= 4 is 0 Å². The topological polar surface area (TPSA) is 35.2 Å². The van der Waals surface area contributed by atoms with Crippen LogP contribution in [-0.2, 0) is 6.42 Å². The summed E-state index contributed by atoms with van der Waals surface area (Å²) in [6, 6.07) is 5.85. The number of aryl methyl sites for hydroxylation is 1. The van der Waals surface area contributed by atoms with E-state index in [1.54, 1.807) is 7.11 Å². The van der Waals surface area contributed by atoms with Gasteiger partial charge in [0.1, 0.15) is 11.9 Å². The van der Waals surface area contributed by atoms with Crippen molar-refractivity contribution in [2.24, 2.45) is 17.6 Å². The third-order valence-corrected chi connectivity index (χ3v) is 3.44. The Morgan fingerprint density at radius 3 is 2.50 bits per heavy atom. The number of ether oxygens (including phenoxy) is 1. The predicted molar refractivity (Wildman–Crippen MR) is 73.7 cm³/mol. The van der Waals surface area contributed by atoms with Crippen molar-refractivity contribution in [1.29, 1.82) is 0 Å². The molecule has 1 aromatic rings. The maximum Gasteiger partial charge on any atom is 0.122 e. The third kappa shape index (κ3) is 3.70. The molecular weight excluding hydrogens is 229 g/mol.